The number of rotatable bonds is 10. The molecule has 6 rings (SSSR count). The number of thiazole rings is 2. The van der Waals surface area contributed by atoms with Gasteiger partial charge in [-0.15, -0.1) is 11.3 Å². The van der Waals surface area contributed by atoms with E-state index in [1.54, 1.807) is 16.7 Å². The first-order valence-corrected chi connectivity index (χ1v) is 16.0. The molecule has 238 valence electrons. The van der Waals surface area contributed by atoms with Crippen LogP contribution in [0.3, 0.4) is 0 Å². The molecule has 1 aliphatic rings. The van der Waals surface area contributed by atoms with Crippen LogP contribution in [0, 0.1) is 17.1 Å². The molecule has 0 spiro atoms. The number of nitrogens with one attached hydrogen (secondary N) is 2. The first kappa shape index (κ1) is 31.6. The average molecular weight is 670 g/mol. The monoisotopic (exact) mass is 669 g/mol. The maximum atomic E-state index is 14.6. The van der Waals surface area contributed by atoms with Gasteiger partial charge in [0.2, 0.25) is 0 Å². The van der Waals surface area contributed by atoms with Crippen molar-refractivity contribution >= 4 is 44.7 Å². The fraction of sp³-hybridized carbons (Fsp3) is 0.290. The van der Waals surface area contributed by atoms with Gasteiger partial charge in [-0.05, 0) is 68.8 Å². The average Bonchev–Trinajstić information content (AvgIpc) is 3.83. The molecular weight excluding hydrogens is 643 g/mol. The molecule has 4 heterocycles. The smallest absolute Gasteiger partial charge is 0.409 e. The second kappa shape index (κ2) is 12.8. The molecule has 1 saturated heterocycles. The van der Waals surface area contributed by atoms with Gasteiger partial charge in [-0.3, -0.25) is 15.1 Å². The third kappa shape index (κ3) is 6.34. The van der Waals surface area contributed by atoms with Crippen molar-refractivity contribution in [3.63, 3.8) is 0 Å². The van der Waals surface area contributed by atoms with Crippen LogP contribution in [0.5, 0.6) is 0 Å². The predicted octanol–water partition coefficient (Wildman–Crippen LogP) is 7.19. The van der Waals surface area contributed by atoms with Crippen molar-refractivity contribution < 1.29 is 27.5 Å². The number of likely N-dealkylation sites (tertiary alicyclic amines) is 1. The van der Waals surface area contributed by atoms with Crippen molar-refractivity contribution in [2.75, 3.05) is 12.0 Å². The number of aromatic nitrogens is 3. The lowest BCUT2D eigenvalue weighted by atomic mass is 10.0. The van der Waals surface area contributed by atoms with Crippen molar-refractivity contribution in [1.29, 1.82) is 5.26 Å². The Morgan fingerprint density at radius 1 is 1.20 bits per heavy atom. The van der Waals surface area contributed by atoms with Gasteiger partial charge in [0.25, 0.3) is 0 Å². The lowest BCUT2D eigenvalue weighted by molar-refractivity contribution is -0.156. The molecule has 2 atom stereocenters. The molecule has 46 heavy (non-hydrogen) atoms. The molecule has 0 radical (unpaired) electrons. The summed E-state index contributed by atoms with van der Waals surface area (Å²) in [6.45, 7) is 3.33. The van der Waals surface area contributed by atoms with Gasteiger partial charge in [0.05, 0.1) is 5.69 Å². The van der Waals surface area contributed by atoms with Crippen LogP contribution in [0.15, 0.2) is 54.0 Å². The molecule has 0 aliphatic carbocycles. The van der Waals surface area contributed by atoms with Gasteiger partial charge < -0.3 is 9.67 Å². The van der Waals surface area contributed by atoms with Gasteiger partial charge in [0.1, 0.15) is 39.5 Å². The third-order valence-corrected chi connectivity index (χ3v) is 9.69. The zero-order valence-electron chi connectivity index (χ0n) is 24.3. The van der Waals surface area contributed by atoms with E-state index in [9.17, 15) is 32.7 Å². The highest BCUT2D eigenvalue weighted by atomic mass is 32.1. The van der Waals surface area contributed by atoms with Crippen molar-refractivity contribution in [3.8, 4) is 27.9 Å². The topological polar surface area (TPSA) is 119 Å². The second-order valence-electron chi connectivity index (χ2n) is 10.8. The molecule has 0 saturated carbocycles. The first-order valence-electron chi connectivity index (χ1n) is 14.3. The van der Waals surface area contributed by atoms with Crippen LogP contribution in [0.25, 0.3) is 32.7 Å². The van der Waals surface area contributed by atoms with Crippen LogP contribution >= 0.6 is 22.7 Å². The standard InChI is InChI=1S/C31H27F4N7O2S2/c1-2-41-15-22(27(31(33,34)35)39-40-30-38-26(25(13-36)46-30)17-5-8-19(32)9-6-17)21-12-18(7-10-23(21)41)28-37-20(16-45-28)14-42-11-3-4-24(42)29(43)44/h5-10,12,15-16,24,27,39H,2-4,11,14H2,1H3,(H,38,40)(H,43,44)/t24-,27?/m0/s1. The number of aryl methyl sites for hydroxylation is 1. The highest BCUT2D eigenvalue weighted by molar-refractivity contribution is 7.16. The summed E-state index contributed by atoms with van der Waals surface area (Å²) in [5.41, 5.74) is 7.61. The Hall–Kier alpha value is -4.36. The molecular formula is C31H27F4N7O2S2. The number of hydrogen-bond donors (Lipinski definition) is 3. The van der Waals surface area contributed by atoms with Gasteiger partial charge >= 0.3 is 12.1 Å². The Morgan fingerprint density at radius 2 is 1.96 bits per heavy atom. The van der Waals surface area contributed by atoms with E-state index in [0.29, 0.717) is 58.8 Å². The van der Waals surface area contributed by atoms with E-state index in [2.05, 4.69) is 15.8 Å². The summed E-state index contributed by atoms with van der Waals surface area (Å²) in [4.78, 5) is 22.6. The number of halogens is 4. The number of hydrogen-bond acceptors (Lipinski definition) is 9. The molecule has 1 fully saturated rings. The Labute approximate surface area is 268 Å². The van der Waals surface area contributed by atoms with Gasteiger partial charge in [0, 0.05) is 52.3 Å². The van der Waals surface area contributed by atoms with E-state index in [1.165, 1.54) is 41.8 Å². The highest BCUT2D eigenvalue weighted by Crippen LogP contribution is 2.40. The summed E-state index contributed by atoms with van der Waals surface area (Å²) in [6, 6.07) is 9.92. The van der Waals surface area contributed by atoms with Gasteiger partial charge in [-0.1, -0.05) is 11.3 Å². The normalized spacial score (nSPS) is 16.1. The zero-order valence-corrected chi connectivity index (χ0v) is 25.9. The van der Waals surface area contributed by atoms with E-state index in [-0.39, 0.29) is 21.3 Å². The molecule has 3 N–H and O–H groups in total. The van der Waals surface area contributed by atoms with Gasteiger partial charge in [0.15, 0.2) is 5.13 Å². The van der Waals surface area contributed by atoms with Crippen LogP contribution in [0.1, 0.15) is 41.9 Å². The van der Waals surface area contributed by atoms with Crippen LogP contribution in [0.4, 0.5) is 22.7 Å². The van der Waals surface area contributed by atoms with Crippen molar-refractivity contribution in [2.24, 2.45) is 0 Å². The van der Waals surface area contributed by atoms with Crippen molar-refractivity contribution in [3.05, 3.63) is 76.0 Å². The fourth-order valence-electron chi connectivity index (χ4n) is 5.69. The Morgan fingerprint density at radius 3 is 2.65 bits per heavy atom. The van der Waals surface area contributed by atoms with E-state index in [0.717, 1.165) is 17.8 Å². The summed E-state index contributed by atoms with van der Waals surface area (Å²) < 4.78 is 59.1. The minimum absolute atomic E-state index is 0.00679. The number of carboxylic acids is 1. The van der Waals surface area contributed by atoms with E-state index in [1.807, 2.05) is 29.3 Å². The predicted molar refractivity (Wildman–Crippen MR) is 168 cm³/mol. The summed E-state index contributed by atoms with van der Waals surface area (Å²) in [7, 11) is 0. The van der Waals surface area contributed by atoms with E-state index < -0.39 is 30.0 Å². The van der Waals surface area contributed by atoms with E-state index in [4.69, 9.17) is 4.98 Å². The maximum absolute atomic E-state index is 14.6. The number of alkyl halides is 3. The number of hydrazine groups is 1. The van der Waals surface area contributed by atoms with Crippen LogP contribution in [0.2, 0.25) is 0 Å². The summed E-state index contributed by atoms with van der Waals surface area (Å²) in [5.74, 6) is -1.33. The number of fused-ring (bicyclic) bond motifs is 1. The minimum Gasteiger partial charge on any atom is -0.480 e. The Balaban J connectivity index is 1.29. The SMILES string of the molecule is CCn1cc(C(NNc2nc(-c3ccc(F)cc3)c(C#N)s2)C(F)(F)F)c2cc(-c3nc(CN4CCC[C@H]4C(=O)O)cs3)ccc21. The van der Waals surface area contributed by atoms with Crippen LogP contribution in [-0.4, -0.2) is 49.3 Å². The summed E-state index contributed by atoms with van der Waals surface area (Å²) in [5, 5.41) is 22.0. The zero-order chi connectivity index (χ0) is 32.6. The van der Waals surface area contributed by atoms with Crippen molar-refractivity contribution in [1.82, 2.24) is 24.9 Å². The molecule has 0 amide bonds. The Kier molecular flexibility index (Phi) is 8.80. The number of nitriles is 1. The maximum Gasteiger partial charge on any atom is 0.409 e. The lowest BCUT2D eigenvalue weighted by Gasteiger charge is -2.21. The number of carboxylic acid groups (broad SMARTS) is 1. The van der Waals surface area contributed by atoms with Gasteiger partial charge in [-0.25, -0.2) is 19.8 Å². The fourth-order valence-corrected chi connectivity index (χ4v) is 7.24. The molecule has 9 nitrogen and oxygen atoms in total. The quantitative estimate of drug-likeness (QED) is 0.106. The van der Waals surface area contributed by atoms with Crippen LogP contribution < -0.4 is 10.9 Å². The summed E-state index contributed by atoms with van der Waals surface area (Å²) >= 11 is 2.23. The number of anilines is 1. The number of carbonyl (C=O) groups is 1. The molecule has 15 heteroatoms. The van der Waals surface area contributed by atoms with E-state index >= 15 is 0 Å². The molecule has 0 bridgehead atoms. The Bertz CT molecular complexity index is 1930. The number of aliphatic carboxylic acids is 1. The largest absolute Gasteiger partial charge is 0.480 e. The summed E-state index contributed by atoms with van der Waals surface area (Å²) in [6.07, 6.45) is -1.86. The molecule has 2 aromatic carbocycles. The first-order chi connectivity index (χ1) is 22.0. The third-order valence-electron chi connectivity index (χ3n) is 7.87. The number of benzene rings is 2. The molecule has 5 aromatic rings. The van der Waals surface area contributed by atoms with Gasteiger partial charge in [-0.2, -0.15) is 18.4 Å². The minimum atomic E-state index is -4.71. The molecule has 1 aliphatic heterocycles. The van der Waals surface area contributed by atoms with Crippen molar-refractivity contribution in [2.45, 2.75) is 51.1 Å². The lowest BCUT2D eigenvalue weighted by Crippen LogP contribution is -2.37. The second-order valence-corrected chi connectivity index (χ2v) is 12.6. The van der Waals surface area contributed by atoms with Crippen LogP contribution in [-0.2, 0) is 17.9 Å². The highest BCUT2D eigenvalue weighted by Gasteiger charge is 2.42. The molecule has 1 unspecified atom stereocenters. The molecule has 3 aromatic heterocycles. The number of nitrogens with zero attached hydrogens (tertiary/aromatic N) is 5.